The van der Waals surface area contributed by atoms with Crippen LogP contribution in [0.5, 0.6) is 0 Å². The summed E-state index contributed by atoms with van der Waals surface area (Å²) in [6.07, 6.45) is 1.59. The van der Waals surface area contributed by atoms with Crippen molar-refractivity contribution in [2.75, 3.05) is 12.0 Å². The van der Waals surface area contributed by atoms with Gasteiger partial charge in [0, 0.05) is 29.7 Å². The Kier molecular flexibility index (Phi) is 13.7. The highest BCUT2D eigenvalue weighted by molar-refractivity contribution is 5.97. The largest absolute Gasteiger partial charge is 0.452 e. The van der Waals surface area contributed by atoms with Crippen molar-refractivity contribution in [1.29, 1.82) is 0 Å². The van der Waals surface area contributed by atoms with Crippen LogP contribution in [0.2, 0.25) is 0 Å². The van der Waals surface area contributed by atoms with Crippen LogP contribution >= 0.6 is 0 Å². The number of nitrogens with one attached hydrogen (secondary N) is 2. The van der Waals surface area contributed by atoms with Crippen molar-refractivity contribution >= 4 is 23.9 Å². The summed E-state index contributed by atoms with van der Waals surface area (Å²) in [5.74, 6) is -0.553. The first-order chi connectivity index (χ1) is 23.6. The lowest BCUT2D eigenvalue weighted by Crippen LogP contribution is -2.57. The van der Waals surface area contributed by atoms with Gasteiger partial charge in [0.15, 0.2) is 0 Å². The minimum atomic E-state index is -1.10. The summed E-state index contributed by atoms with van der Waals surface area (Å²) in [5, 5.41) is 17.8. The van der Waals surface area contributed by atoms with Gasteiger partial charge in [-0.1, -0.05) is 86.6 Å². The van der Waals surface area contributed by atoms with Crippen LogP contribution in [-0.2, 0) is 33.7 Å². The number of amides is 3. The van der Waals surface area contributed by atoms with Gasteiger partial charge in [0.1, 0.15) is 18.5 Å². The molecule has 2 aromatic carbocycles. The van der Waals surface area contributed by atoms with Gasteiger partial charge in [-0.3, -0.25) is 9.78 Å². The van der Waals surface area contributed by atoms with Gasteiger partial charge < -0.3 is 25.2 Å². The van der Waals surface area contributed by atoms with E-state index >= 15 is 0 Å². The van der Waals surface area contributed by atoms with Gasteiger partial charge in [0.05, 0.1) is 19.3 Å². The fourth-order valence-corrected chi connectivity index (χ4v) is 5.64. The van der Waals surface area contributed by atoms with Crippen molar-refractivity contribution in [3.63, 3.8) is 0 Å². The zero-order valence-corrected chi connectivity index (χ0v) is 28.4. The molecule has 0 spiro atoms. The summed E-state index contributed by atoms with van der Waals surface area (Å²) in [5.41, 5.74) is 3.25. The second-order valence-corrected chi connectivity index (χ2v) is 12.2. The van der Waals surface area contributed by atoms with Crippen LogP contribution < -0.4 is 15.5 Å². The van der Waals surface area contributed by atoms with Crippen LogP contribution in [0.3, 0.4) is 0 Å². The molecule has 0 saturated carbocycles. The SMILES string of the molecule is COC(=O)N(c1cccc(C)n1)C(C(=O)N[C@@H](Cc1ccccc1)[C@@H](O)C[C@H](Cc1ccccc1)NC(=O)OCc1cccnc1)C(C)C. The Morgan fingerprint density at radius 1 is 0.837 bits per heavy atom. The first-order valence-corrected chi connectivity index (χ1v) is 16.3. The van der Waals surface area contributed by atoms with Crippen LogP contribution in [-0.4, -0.2) is 64.5 Å². The maximum Gasteiger partial charge on any atom is 0.415 e. The number of pyridine rings is 2. The molecule has 49 heavy (non-hydrogen) atoms. The third kappa shape index (κ3) is 11.1. The fraction of sp³-hybridized carbons (Fsp3) is 0.342. The molecule has 0 saturated heterocycles. The smallest absolute Gasteiger partial charge is 0.415 e. The van der Waals surface area contributed by atoms with Crippen LogP contribution in [0.1, 0.15) is 42.7 Å². The average Bonchev–Trinajstić information content (AvgIpc) is 3.10. The summed E-state index contributed by atoms with van der Waals surface area (Å²) in [7, 11) is 1.25. The molecule has 0 aliphatic carbocycles. The number of aromatic nitrogens is 2. The van der Waals surface area contributed by atoms with Gasteiger partial charge in [-0.15, -0.1) is 0 Å². The van der Waals surface area contributed by atoms with E-state index in [0.717, 1.165) is 16.7 Å². The van der Waals surface area contributed by atoms with Gasteiger partial charge in [0.2, 0.25) is 5.91 Å². The highest BCUT2D eigenvalue weighted by atomic mass is 16.5. The number of hydrogen-bond donors (Lipinski definition) is 3. The van der Waals surface area contributed by atoms with Crippen molar-refractivity contribution in [2.24, 2.45) is 5.92 Å². The van der Waals surface area contributed by atoms with Gasteiger partial charge in [-0.2, -0.15) is 0 Å². The summed E-state index contributed by atoms with van der Waals surface area (Å²) in [6, 6.07) is 25.5. The maximum absolute atomic E-state index is 14.2. The number of aryl methyl sites for hydroxylation is 1. The minimum Gasteiger partial charge on any atom is -0.452 e. The summed E-state index contributed by atoms with van der Waals surface area (Å²) < 4.78 is 10.6. The highest BCUT2D eigenvalue weighted by Gasteiger charge is 2.37. The Morgan fingerprint density at radius 3 is 2.08 bits per heavy atom. The van der Waals surface area contributed by atoms with Crippen molar-refractivity contribution in [3.05, 3.63) is 126 Å². The van der Waals surface area contributed by atoms with Crippen molar-refractivity contribution in [3.8, 4) is 0 Å². The molecule has 0 radical (unpaired) electrons. The zero-order chi connectivity index (χ0) is 35.2. The van der Waals surface area contributed by atoms with E-state index in [1.807, 2.05) is 80.6 Å². The number of aliphatic hydroxyl groups is 1. The third-order valence-electron chi connectivity index (χ3n) is 8.03. The Hall–Kier alpha value is -5.29. The number of methoxy groups -OCH3 is 1. The normalized spacial score (nSPS) is 13.4. The number of alkyl carbamates (subject to hydrolysis) is 1. The fourth-order valence-electron chi connectivity index (χ4n) is 5.64. The molecule has 0 aliphatic heterocycles. The number of hydrogen-bond acceptors (Lipinski definition) is 8. The first kappa shape index (κ1) is 36.5. The Morgan fingerprint density at radius 2 is 1.49 bits per heavy atom. The molecule has 11 nitrogen and oxygen atoms in total. The monoisotopic (exact) mass is 667 g/mol. The minimum absolute atomic E-state index is 0.0378. The lowest BCUT2D eigenvalue weighted by atomic mass is 9.92. The molecule has 0 fully saturated rings. The number of rotatable bonds is 15. The first-order valence-electron chi connectivity index (χ1n) is 16.3. The number of carbonyl (C=O) groups excluding carboxylic acids is 3. The number of benzene rings is 2. The van der Waals surface area contributed by atoms with E-state index < -0.39 is 42.3 Å². The highest BCUT2D eigenvalue weighted by Crippen LogP contribution is 2.22. The molecule has 2 heterocycles. The standard InChI is InChI=1S/C38H45N5O6/c1-26(2)35(43(38(47)48-4)34-19-11-13-27(3)40-34)36(45)42-32(22-29-16-9-6-10-17-29)33(44)23-31(21-28-14-7-5-8-15-28)41-37(46)49-25-30-18-12-20-39-24-30/h5-20,24,26,31-33,35,44H,21-23,25H2,1-4H3,(H,41,46)(H,42,45)/t31-,32-,33-,35?/m0/s1. The second kappa shape index (κ2) is 18.3. The average molecular weight is 668 g/mol. The topological polar surface area (TPSA) is 143 Å². The van der Waals surface area contributed by atoms with Crippen LogP contribution in [0, 0.1) is 12.8 Å². The van der Waals surface area contributed by atoms with Gasteiger partial charge >= 0.3 is 12.2 Å². The third-order valence-corrected chi connectivity index (χ3v) is 8.03. The Labute approximate surface area is 287 Å². The molecule has 4 rings (SSSR count). The molecular formula is C38H45N5O6. The predicted octanol–water partition coefficient (Wildman–Crippen LogP) is 5.40. The van der Waals surface area contributed by atoms with E-state index in [2.05, 4.69) is 20.6 Å². The lowest BCUT2D eigenvalue weighted by Gasteiger charge is -2.34. The molecule has 258 valence electrons. The van der Waals surface area contributed by atoms with E-state index in [0.29, 0.717) is 18.5 Å². The number of carbonyl (C=O) groups is 3. The molecule has 3 amide bonds. The summed E-state index contributed by atoms with van der Waals surface area (Å²) >= 11 is 0. The molecule has 0 aliphatic rings. The van der Waals surface area contributed by atoms with Gasteiger partial charge in [-0.05, 0) is 61.4 Å². The van der Waals surface area contributed by atoms with E-state index in [9.17, 15) is 19.5 Å². The van der Waals surface area contributed by atoms with Crippen LogP contribution in [0.4, 0.5) is 15.4 Å². The van der Waals surface area contributed by atoms with E-state index in [-0.39, 0.29) is 24.8 Å². The van der Waals surface area contributed by atoms with Crippen LogP contribution in [0.15, 0.2) is 103 Å². The molecule has 11 heteroatoms. The van der Waals surface area contributed by atoms with Crippen molar-refractivity contribution in [1.82, 2.24) is 20.6 Å². The van der Waals surface area contributed by atoms with Gasteiger partial charge in [0.25, 0.3) is 0 Å². The van der Waals surface area contributed by atoms with E-state index in [1.165, 1.54) is 12.0 Å². The quantitative estimate of drug-likeness (QED) is 0.153. The van der Waals surface area contributed by atoms with Crippen molar-refractivity contribution < 1.29 is 29.0 Å². The maximum atomic E-state index is 14.2. The molecular weight excluding hydrogens is 622 g/mol. The number of nitrogens with zero attached hydrogens (tertiary/aromatic N) is 3. The van der Waals surface area contributed by atoms with E-state index in [1.54, 1.807) is 43.6 Å². The number of aliphatic hydroxyl groups excluding tert-OH is 1. The second-order valence-electron chi connectivity index (χ2n) is 12.2. The van der Waals surface area contributed by atoms with Gasteiger partial charge in [-0.25, -0.2) is 19.5 Å². The molecule has 1 unspecified atom stereocenters. The number of ether oxygens (including phenoxy) is 2. The molecule has 4 aromatic rings. The van der Waals surface area contributed by atoms with Crippen LogP contribution in [0.25, 0.3) is 0 Å². The lowest BCUT2D eigenvalue weighted by molar-refractivity contribution is -0.125. The predicted molar refractivity (Wildman–Crippen MR) is 187 cm³/mol. The molecule has 0 bridgehead atoms. The zero-order valence-electron chi connectivity index (χ0n) is 28.4. The van der Waals surface area contributed by atoms with Crippen molar-refractivity contribution in [2.45, 2.75) is 70.9 Å². The molecule has 4 atom stereocenters. The number of anilines is 1. The summed E-state index contributed by atoms with van der Waals surface area (Å²) in [4.78, 5) is 50.1. The Bertz CT molecular complexity index is 1620. The Balaban J connectivity index is 1.59. The van der Waals surface area contributed by atoms with E-state index in [4.69, 9.17) is 9.47 Å². The summed E-state index contributed by atoms with van der Waals surface area (Å²) in [6.45, 7) is 5.49. The molecule has 3 N–H and O–H groups in total. The molecule has 2 aromatic heterocycles.